The van der Waals surface area contributed by atoms with Crippen molar-refractivity contribution in [2.45, 2.75) is 29.8 Å². The van der Waals surface area contributed by atoms with Crippen LogP contribution in [0.15, 0.2) is 41.4 Å². The third-order valence-electron chi connectivity index (χ3n) is 4.66. The molecule has 1 aromatic carbocycles. The number of carbonyl (C=O) groups is 1. The topological polar surface area (TPSA) is 99.3 Å². The molecule has 1 aromatic heterocycles. The number of nitrogens with zero attached hydrogens (tertiary/aromatic N) is 4. The van der Waals surface area contributed by atoms with Crippen LogP contribution in [0, 0.1) is 0 Å². The van der Waals surface area contributed by atoms with Gasteiger partial charge in [-0.15, -0.1) is 0 Å². The molecule has 2 unspecified atom stereocenters. The van der Waals surface area contributed by atoms with E-state index in [1.54, 1.807) is 39.5 Å². The molecule has 2 fully saturated rings. The monoisotopic (exact) mass is 347 g/mol. The highest BCUT2D eigenvalue weighted by Crippen LogP contribution is 2.35. The first-order valence-corrected chi connectivity index (χ1v) is 9.25. The van der Waals surface area contributed by atoms with Crippen molar-refractivity contribution in [3.05, 3.63) is 42.2 Å². The van der Waals surface area contributed by atoms with Crippen LogP contribution in [0.2, 0.25) is 0 Å². The maximum atomic E-state index is 12.9. The van der Waals surface area contributed by atoms with E-state index in [1.165, 1.54) is 6.20 Å². The van der Waals surface area contributed by atoms with E-state index in [9.17, 15) is 13.2 Å². The summed E-state index contributed by atoms with van der Waals surface area (Å²) in [7, 11) is -3.54. The van der Waals surface area contributed by atoms with Crippen LogP contribution < -0.4 is 0 Å². The number of hydrogen-bond donors (Lipinski definition) is 1. The molecule has 3 heterocycles. The van der Waals surface area contributed by atoms with Gasteiger partial charge in [0, 0.05) is 25.2 Å². The van der Waals surface area contributed by atoms with Crippen LogP contribution >= 0.6 is 0 Å². The summed E-state index contributed by atoms with van der Waals surface area (Å²) in [4.78, 5) is 14.4. The summed E-state index contributed by atoms with van der Waals surface area (Å²) in [6.45, 7) is 0.766. The normalized spacial score (nSPS) is 24.2. The number of piperazine rings is 1. The average molecular weight is 347 g/mol. The van der Waals surface area contributed by atoms with Gasteiger partial charge in [-0.25, -0.2) is 8.42 Å². The maximum Gasteiger partial charge on any atom is 0.276 e. The number of likely N-dealkylation sites (tertiary alicyclic amines) is 1. The molecule has 0 spiro atoms. The Bertz CT molecular complexity index is 823. The fourth-order valence-corrected chi connectivity index (χ4v) is 5.48. The number of carbonyl (C=O) groups excluding carboxylic acids is 1. The highest BCUT2D eigenvalue weighted by molar-refractivity contribution is 7.89. The van der Waals surface area contributed by atoms with Gasteiger partial charge >= 0.3 is 0 Å². The molecule has 1 amide bonds. The van der Waals surface area contributed by atoms with E-state index in [1.807, 2.05) is 0 Å². The second-order valence-corrected chi connectivity index (χ2v) is 7.94. The highest BCUT2D eigenvalue weighted by atomic mass is 32.2. The summed E-state index contributed by atoms with van der Waals surface area (Å²) in [6, 6.07) is 8.08. The second kappa shape index (κ2) is 5.67. The first-order chi connectivity index (χ1) is 11.6. The number of amides is 1. The number of aromatic amines is 1. The van der Waals surface area contributed by atoms with Crippen molar-refractivity contribution >= 4 is 15.9 Å². The van der Waals surface area contributed by atoms with Crippen molar-refractivity contribution in [3.63, 3.8) is 0 Å². The van der Waals surface area contributed by atoms with E-state index in [4.69, 9.17) is 0 Å². The lowest BCUT2D eigenvalue weighted by Gasteiger charge is -2.39. The van der Waals surface area contributed by atoms with Gasteiger partial charge in [0.15, 0.2) is 5.69 Å². The molecule has 2 aliphatic heterocycles. The van der Waals surface area contributed by atoms with Gasteiger partial charge in [-0.2, -0.15) is 19.7 Å². The molecule has 8 nitrogen and oxygen atoms in total. The van der Waals surface area contributed by atoms with Crippen LogP contribution in [0.3, 0.4) is 0 Å². The van der Waals surface area contributed by atoms with Crippen molar-refractivity contribution in [1.29, 1.82) is 0 Å². The maximum absolute atomic E-state index is 12.9. The van der Waals surface area contributed by atoms with Crippen LogP contribution in [0.1, 0.15) is 23.3 Å². The zero-order valence-corrected chi connectivity index (χ0v) is 13.7. The van der Waals surface area contributed by atoms with Crippen LogP contribution in [0.4, 0.5) is 0 Å². The Labute approximate surface area is 139 Å². The average Bonchev–Trinajstić information content (AvgIpc) is 3.22. The SMILES string of the molecule is O=C(c1cn[nH]n1)N1CC2CCC(C1)N2S(=O)(=O)c1ccccc1. The van der Waals surface area contributed by atoms with E-state index in [2.05, 4.69) is 15.4 Å². The van der Waals surface area contributed by atoms with Crippen LogP contribution in [0.25, 0.3) is 0 Å². The third kappa shape index (κ3) is 2.40. The summed E-state index contributed by atoms with van der Waals surface area (Å²) >= 11 is 0. The number of benzene rings is 1. The second-order valence-electron chi connectivity index (χ2n) is 6.10. The lowest BCUT2D eigenvalue weighted by molar-refractivity contribution is 0.0609. The van der Waals surface area contributed by atoms with Crippen molar-refractivity contribution in [2.75, 3.05) is 13.1 Å². The van der Waals surface area contributed by atoms with E-state index in [0.29, 0.717) is 18.0 Å². The minimum atomic E-state index is -3.54. The molecule has 2 aliphatic rings. The summed E-state index contributed by atoms with van der Waals surface area (Å²) in [5.74, 6) is -0.211. The fourth-order valence-electron chi connectivity index (χ4n) is 3.60. The Morgan fingerprint density at radius 3 is 2.38 bits per heavy atom. The predicted octanol–water partition coefficient (Wildman–Crippen LogP) is 0.482. The molecule has 2 bridgehead atoms. The van der Waals surface area contributed by atoms with Crippen molar-refractivity contribution < 1.29 is 13.2 Å². The number of nitrogens with one attached hydrogen (secondary N) is 1. The number of hydrogen-bond acceptors (Lipinski definition) is 5. The van der Waals surface area contributed by atoms with Gasteiger partial charge in [0.2, 0.25) is 10.0 Å². The largest absolute Gasteiger partial charge is 0.334 e. The first-order valence-electron chi connectivity index (χ1n) is 7.81. The Kier molecular flexibility index (Phi) is 3.61. The molecular weight excluding hydrogens is 330 g/mol. The molecule has 4 rings (SSSR count). The number of H-pyrrole nitrogens is 1. The molecule has 0 aliphatic carbocycles. The zero-order chi connectivity index (χ0) is 16.7. The molecule has 2 saturated heterocycles. The number of sulfonamides is 1. The van der Waals surface area contributed by atoms with E-state index in [-0.39, 0.29) is 23.7 Å². The summed E-state index contributed by atoms with van der Waals surface area (Å²) in [6.07, 6.45) is 2.91. The van der Waals surface area contributed by atoms with E-state index >= 15 is 0 Å². The van der Waals surface area contributed by atoms with Gasteiger partial charge in [0.25, 0.3) is 5.91 Å². The Morgan fingerprint density at radius 2 is 1.79 bits per heavy atom. The van der Waals surface area contributed by atoms with E-state index in [0.717, 1.165) is 12.8 Å². The van der Waals surface area contributed by atoms with E-state index < -0.39 is 10.0 Å². The highest BCUT2D eigenvalue weighted by Gasteiger charge is 2.47. The van der Waals surface area contributed by atoms with Crippen LogP contribution in [0.5, 0.6) is 0 Å². The smallest absolute Gasteiger partial charge is 0.276 e. The molecule has 126 valence electrons. The van der Waals surface area contributed by atoms with Crippen molar-refractivity contribution in [3.8, 4) is 0 Å². The van der Waals surface area contributed by atoms with Crippen LogP contribution in [-0.4, -0.2) is 64.1 Å². The molecule has 1 N–H and O–H groups in total. The lowest BCUT2D eigenvalue weighted by atomic mass is 10.2. The third-order valence-corrected chi connectivity index (χ3v) is 6.67. The molecule has 0 saturated carbocycles. The Balaban J connectivity index is 1.59. The summed E-state index contributed by atoms with van der Waals surface area (Å²) < 4.78 is 27.5. The standard InChI is InChI=1S/C15H17N5O3S/c21-15(14-8-16-18-17-14)19-9-11-6-7-12(10-19)20(11)24(22,23)13-4-2-1-3-5-13/h1-5,8,11-12H,6-7,9-10H2,(H,16,17,18). The fraction of sp³-hybridized carbons (Fsp3) is 0.400. The first kappa shape index (κ1) is 15.3. The van der Waals surface area contributed by atoms with Gasteiger partial charge in [0.05, 0.1) is 11.1 Å². The molecule has 0 radical (unpaired) electrons. The molecule has 9 heteroatoms. The van der Waals surface area contributed by atoms with Gasteiger partial charge in [-0.1, -0.05) is 18.2 Å². The Hall–Kier alpha value is -2.26. The van der Waals surface area contributed by atoms with Crippen molar-refractivity contribution in [2.24, 2.45) is 0 Å². The number of fused-ring (bicyclic) bond motifs is 2. The molecule has 2 aromatic rings. The quantitative estimate of drug-likeness (QED) is 0.871. The molecular formula is C15H17N5O3S. The number of rotatable bonds is 3. The predicted molar refractivity (Wildman–Crippen MR) is 84.6 cm³/mol. The lowest BCUT2D eigenvalue weighted by Crippen LogP contribution is -2.57. The molecule has 24 heavy (non-hydrogen) atoms. The van der Waals surface area contributed by atoms with Crippen molar-refractivity contribution in [1.82, 2.24) is 24.6 Å². The minimum Gasteiger partial charge on any atom is -0.334 e. The van der Waals surface area contributed by atoms with Gasteiger partial charge < -0.3 is 4.90 Å². The van der Waals surface area contributed by atoms with Gasteiger partial charge in [-0.05, 0) is 25.0 Å². The van der Waals surface area contributed by atoms with Gasteiger partial charge in [0.1, 0.15) is 0 Å². The Morgan fingerprint density at radius 1 is 1.12 bits per heavy atom. The summed E-state index contributed by atoms with van der Waals surface area (Å²) in [5, 5.41) is 9.90. The van der Waals surface area contributed by atoms with Gasteiger partial charge in [-0.3, -0.25) is 4.79 Å². The zero-order valence-electron chi connectivity index (χ0n) is 12.9. The summed E-state index contributed by atoms with van der Waals surface area (Å²) in [5.41, 5.74) is 0.258. The van der Waals surface area contributed by atoms with Crippen LogP contribution in [-0.2, 0) is 10.0 Å². The number of aromatic nitrogens is 3. The minimum absolute atomic E-state index is 0.190. The molecule has 2 atom stereocenters.